The molecular formula is C11H19O. The van der Waals surface area contributed by atoms with Gasteiger partial charge in [0, 0.05) is 5.57 Å². The molecule has 0 bridgehead atoms. The van der Waals surface area contributed by atoms with Gasteiger partial charge in [-0.25, -0.2) is 0 Å². The summed E-state index contributed by atoms with van der Waals surface area (Å²) in [6.45, 7) is 9.98. The highest BCUT2D eigenvalue weighted by Gasteiger charge is 2.20. The third-order valence-corrected chi connectivity index (χ3v) is 2.35. The van der Waals surface area contributed by atoms with Crippen molar-refractivity contribution in [2.45, 2.75) is 46.5 Å². The van der Waals surface area contributed by atoms with Gasteiger partial charge in [-0.1, -0.05) is 46.6 Å². The molecule has 0 amide bonds. The molecule has 0 saturated heterocycles. The summed E-state index contributed by atoms with van der Waals surface area (Å²) in [4.78, 5) is 10.4. The van der Waals surface area contributed by atoms with Gasteiger partial charge in [0.25, 0.3) is 0 Å². The van der Waals surface area contributed by atoms with Crippen LogP contribution in [0.15, 0.2) is 12.2 Å². The van der Waals surface area contributed by atoms with Gasteiger partial charge in [-0.3, -0.25) is 4.79 Å². The summed E-state index contributed by atoms with van der Waals surface area (Å²) in [6.07, 6.45) is 6.54. The van der Waals surface area contributed by atoms with Crippen molar-refractivity contribution in [2.24, 2.45) is 5.41 Å². The molecule has 0 saturated carbocycles. The molecule has 0 aliphatic rings. The zero-order valence-corrected chi connectivity index (χ0v) is 8.44. The van der Waals surface area contributed by atoms with Crippen LogP contribution >= 0.6 is 0 Å². The zero-order valence-electron chi connectivity index (χ0n) is 8.44. The van der Waals surface area contributed by atoms with E-state index in [0.717, 1.165) is 6.42 Å². The molecule has 12 heavy (non-hydrogen) atoms. The molecule has 0 fully saturated rings. The molecular weight excluding hydrogens is 148 g/mol. The minimum absolute atomic E-state index is 0.0586. The maximum Gasteiger partial charge on any atom is 0.229 e. The van der Waals surface area contributed by atoms with Crippen molar-refractivity contribution in [3.05, 3.63) is 12.2 Å². The molecule has 0 aliphatic heterocycles. The predicted octanol–water partition coefficient (Wildman–Crippen LogP) is 3.26. The van der Waals surface area contributed by atoms with Gasteiger partial charge in [0.2, 0.25) is 6.29 Å². The Hall–Kier alpha value is -0.590. The summed E-state index contributed by atoms with van der Waals surface area (Å²) in [7, 11) is 0. The maximum atomic E-state index is 10.4. The first-order chi connectivity index (χ1) is 5.54. The largest absolute Gasteiger partial charge is 0.285 e. The van der Waals surface area contributed by atoms with E-state index in [4.69, 9.17) is 0 Å². The second kappa shape index (κ2) is 5.13. The Bertz CT molecular complexity index is 156. The number of hydrogen-bond acceptors (Lipinski definition) is 1. The second-order valence-corrected chi connectivity index (χ2v) is 3.92. The summed E-state index contributed by atoms with van der Waals surface area (Å²) < 4.78 is 0. The van der Waals surface area contributed by atoms with Crippen LogP contribution in [0.25, 0.3) is 0 Å². The molecule has 0 spiro atoms. The van der Waals surface area contributed by atoms with Crippen molar-refractivity contribution >= 4 is 6.29 Å². The van der Waals surface area contributed by atoms with E-state index in [0.29, 0.717) is 5.57 Å². The summed E-state index contributed by atoms with van der Waals surface area (Å²) in [5.74, 6) is 0. The summed E-state index contributed by atoms with van der Waals surface area (Å²) in [5.41, 5.74) is 0.537. The lowest BCUT2D eigenvalue weighted by Crippen LogP contribution is -2.14. The van der Waals surface area contributed by atoms with Crippen molar-refractivity contribution in [3.8, 4) is 0 Å². The molecule has 1 nitrogen and oxygen atoms in total. The fraction of sp³-hybridized carbons (Fsp3) is 0.727. The molecule has 0 unspecified atom stereocenters. The third kappa shape index (κ3) is 3.70. The lowest BCUT2D eigenvalue weighted by atomic mass is 9.81. The average Bonchev–Trinajstić information content (AvgIpc) is 2.03. The van der Waals surface area contributed by atoms with Gasteiger partial charge in [0.15, 0.2) is 0 Å². The van der Waals surface area contributed by atoms with Gasteiger partial charge in [-0.15, -0.1) is 0 Å². The molecule has 0 rings (SSSR count). The standard InChI is InChI=1S/C11H19O/c1-5-6-7-8-11(3,4)10(2)9-12/h2,5-8H2,1,3-4H3. The fourth-order valence-electron chi connectivity index (χ4n) is 1.11. The Morgan fingerprint density at radius 3 is 2.42 bits per heavy atom. The van der Waals surface area contributed by atoms with E-state index in [-0.39, 0.29) is 5.41 Å². The molecule has 1 radical (unpaired) electrons. The number of allylic oxidation sites excluding steroid dienone is 1. The van der Waals surface area contributed by atoms with E-state index in [9.17, 15) is 4.79 Å². The van der Waals surface area contributed by atoms with E-state index in [1.165, 1.54) is 19.3 Å². The van der Waals surface area contributed by atoms with Crippen molar-refractivity contribution in [1.29, 1.82) is 0 Å². The zero-order chi connectivity index (χ0) is 9.61. The molecule has 0 aliphatic carbocycles. The highest BCUT2D eigenvalue weighted by molar-refractivity contribution is 5.74. The summed E-state index contributed by atoms with van der Waals surface area (Å²) in [6, 6.07) is 0. The topological polar surface area (TPSA) is 17.1 Å². The van der Waals surface area contributed by atoms with Crippen molar-refractivity contribution in [2.75, 3.05) is 0 Å². The van der Waals surface area contributed by atoms with Crippen LogP contribution in [0.5, 0.6) is 0 Å². The smallest absolute Gasteiger partial charge is 0.229 e. The lowest BCUT2D eigenvalue weighted by molar-refractivity contribution is 0.396. The number of hydrogen-bond donors (Lipinski definition) is 0. The van der Waals surface area contributed by atoms with Gasteiger partial charge in [0.05, 0.1) is 0 Å². The number of rotatable bonds is 6. The van der Waals surface area contributed by atoms with E-state index >= 15 is 0 Å². The van der Waals surface area contributed by atoms with Crippen LogP contribution in [0.4, 0.5) is 0 Å². The van der Waals surface area contributed by atoms with E-state index in [1.54, 1.807) is 0 Å². The molecule has 0 aromatic heterocycles. The van der Waals surface area contributed by atoms with Crippen molar-refractivity contribution in [1.82, 2.24) is 0 Å². The van der Waals surface area contributed by atoms with Crippen LogP contribution in [-0.4, -0.2) is 6.29 Å². The van der Waals surface area contributed by atoms with Gasteiger partial charge < -0.3 is 0 Å². The number of carbonyl (C=O) groups excluding carboxylic acids is 1. The quantitative estimate of drug-likeness (QED) is 0.438. The Kier molecular flexibility index (Phi) is 4.87. The van der Waals surface area contributed by atoms with E-state index < -0.39 is 0 Å². The summed E-state index contributed by atoms with van der Waals surface area (Å²) in [5, 5.41) is 0. The van der Waals surface area contributed by atoms with Gasteiger partial charge in [-0.2, -0.15) is 0 Å². The molecule has 0 N–H and O–H groups in total. The van der Waals surface area contributed by atoms with Crippen LogP contribution in [0.1, 0.15) is 46.5 Å². The Labute approximate surface area is 75.9 Å². The SMILES string of the molecule is C=C([C]=O)C(C)(C)CCCCC. The highest BCUT2D eigenvalue weighted by atomic mass is 16.1. The summed E-state index contributed by atoms with van der Waals surface area (Å²) >= 11 is 0. The lowest BCUT2D eigenvalue weighted by Gasteiger charge is -2.23. The van der Waals surface area contributed by atoms with E-state index in [2.05, 4.69) is 27.4 Å². The number of unbranched alkanes of at least 4 members (excludes halogenated alkanes) is 2. The van der Waals surface area contributed by atoms with Crippen molar-refractivity contribution in [3.63, 3.8) is 0 Å². The van der Waals surface area contributed by atoms with Crippen molar-refractivity contribution < 1.29 is 4.79 Å². The van der Waals surface area contributed by atoms with E-state index in [1.807, 2.05) is 6.29 Å². The molecule has 69 valence electrons. The molecule has 1 heteroatoms. The van der Waals surface area contributed by atoms with Gasteiger partial charge in [0.1, 0.15) is 0 Å². The Morgan fingerprint density at radius 1 is 1.42 bits per heavy atom. The average molecular weight is 167 g/mol. The first-order valence-corrected chi connectivity index (χ1v) is 4.62. The Balaban J connectivity index is 3.86. The monoisotopic (exact) mass is 167 g/mol. The first-order valence-electron chi connectivity index (χ1n) is 4.62. The Morgan fingerprint density at radius 2 is 2.00 bits per heavy atom. The predicted molar refractivity (Wildman–Crippen MR) is 52.8 cm³/mol. The minimum atomic E-state index is -0.0586. The third-order valence-electron chi connectivity index (χ3n) is 2.35. The normalized spacial score (nSPS) is 11.2. The van der Waals surface area contributed by atoms with Crippen LogP contribution in [0, 0.1) is 5.41 Å². The molecule has 0 atom stereocenters. The maximum absolute atomic E-state index is 10.4. The van der Waals surface area contributed by atoms with Crippen LogP contribution < -0.4 is 0 Å². The highest BCUT2D eigenvalue weighted by Crippen LogP contribution is 2.29. The van der Waals surface area contributed by atoms with Gasteiger partial charge >= 0.3 is 0 Å². The van der Waals surface area contributed by atoms with Crippen LogP contribution in [0.3, 0.4) is 0 Å². The second-order valence-electron chi connectivity index (χ2n) is 3.92. The molecule has 0 heterocycles. The fourth-order valence-corrected chi connectivity index (χ4v) is 1.11. The van der Waals surface area contributed by atoms with Crippen LogP contribution in [0.2, 0.25) is 0 Å². The van der Waals surface area contributed by atoms with Crippen LogP contribution in [-0.2, 0) is 4.79 Å². The van der Waals surface area contributed by atoms with Gasteiger partial charge in [-0.05, 0) is 11.8 Å². The minimum Gasteiger partial charge on any atom is -0.285 e. The molecule has 0 aromatic carbocycles. The molecule has 0 aromatic rings. The first kappa shape index (κ1) is 11.4.